The van der Waals surface area contributed by atoms with E-state index in [1.54, 1.807) is 0 Å². The summed E-state index contributed by atoms with van der Waals surface area (Å²) >= 11 is 0. The molecule has 2 saturated heterocycles. The number of amides is 1. The predicted octanol–water partition coefficient (Wildman–Crippen LogP) is -6.22. The molecule has 0 aromatic rings. The Kier molecular flexibility index (Phi) is 10.1. The van der Waals surface area contributed by atoms with Crippen molar-refractivity contribution in [1.82, 2.24) is 5.32 Å². The van der Waals surface area contributed by atoms with Gasteiger partial charge in [0.25, 0.3) is 5.79 Å². The number of nitrogens with one attached hydrogen (secondary N) is 1. The van der Waals surface area contributed by atoms with Gasteiger partial charge >= 0.3 is 16.4 Å². The molecule has 0 unspecified atom stereocenters. The quantitative estimate of drug-likeness (QED) is 0.113. The molecule has 210 valence electrons. The molecule has 2 rings (SSSR count). The molecule has 36 heavy (non-hydrogen) atoms. The van der Waals surface area contributed by atoms with Crippen LogP contribution in [0, 0.1) is 0 Å². The first-order chi connectivity index (χ1) is 16.5. The van der Waals surface area contributed by atoms with E-state index in [-0.39, 0.29) is 0 Å². The van der Waals surface area contributed by atoms with Crippen LogP contribution in [0.15, 0.2) is 0 Å². The van der Waals surface area contributed by atoms with E-state index in [0.29, 0.717) is 0 Å². The minimum absolute atomic E-state index is 0.792. The van der Waals surface area contributed by atoms with Crippen LogP contribution in [0.4, 0.5) is 0 Å². The Morgan fingerprint density at radius 3 is 2.25 bits per heavy atom. The molecule has 0 saturated carbocycles. The molecule has 19 heteroatoms. The van der Waals surface area contributed by atoms with Gasteiger partial charge in [-0.25, -0.2) is 8.98 Å². The molecule has 11 atom stereocenters. The Balaban J connectivity index is 2.36. The lowest BCUT2D eigenvalue weighted by Crippen LogP contribution is -2.68. The summed E-state index contributed by atoms with van der Waals surface area (Å²) in [5.74, 6) is -5.57. The van der Waals surface area contributed by atoms with Gasteiger partial charge in [0.2, 0.25) is 5.91 Å². The SMILES string of the molecule is CC(=O)N[C@H]1[C@H]([C@H](O)[C@@H](CO)OS(=O)(=O)O)O[C@@](OC[C@H]2O[C@@H](O)[C@H](O)[C@@H](O)[C@@H]2O)(C(=O)O)C[C@@H]1O. The summed E-state index contributed by atoms with van der Waals surface area (Å²) in [5.41, 5.74) is 0. The Labute approximate surface area is 203 Å². The van der Waals surface area contributed by atoms with Crippen LogP contribution in [0.2, 0.25) is 0 Å². The second kappa shape index (κ2) is 11.9. The van der Waals surface area contributed by atoms with E-state index in [1.807, 2.05) is 0 Å². The fraction of sp³-hybridized carbons (Fsp3) is 0.882. The minimum atomic E-state index is -5.25. The zero-order chi connectivity index (χ0) is 27.6. The van der Waals surface area contributed by atoms with Crippen molar-refractivity contribution in [3.05, 3.63) is 0 Å². The molecule has 0 aliphatic carbocycles. The van der Waals surface area contributed by atoms with Crippen LogP contribution in [0.1, 0.15) is 13.3 Å². The molecule has 10 N–H and O–H groups in total. The highest BCUT2D eigenvalue weighted by molar-refractivity contribution is 7.80. The van der Waals surface area contributed by atoms with Gasteiger partial charge in [0.1, 0.15) is 42.7 Å². The van der Waals surface area contributed by atoms with Crippen molar-refractivity contribution in [2.45, 2.75) is 80.3 Å². The van der Waals surface area contributed by atoms with Crippen LogP contribution in [0.5, 0.6) is 0 Å². The summed E-state index contributed by atoms with van der Waals surface area (Å²) < 4.78 is 50.6. The maximum Gasteiger partial charge on any atom is 0.397 e. The van der Waals surface area contributed by atoms with E-state index in [9.17, 15) is 58.9 Å². The van der Waals surface area contributed by atoms with Gasteiger partial charge in [-0.15, -0.1) is 0 Å². The Morgan fingerprint density at radius 2 is 1.75 bits per heavy atom. The largest absolute Gasteiger partial charge is 0.477 e. The molecule has 2 aliphatic heterocycles. The molecule has 2 aliphatic rings. The van der Waals surface area contributed by atoms with Gasteiger partial charge in [-0.1, -0.05) is 0 Å². The average Bonchev–Trinajstić information content (AvgIpc) is 2.77. The molecule has 1 amide bonds. The Hall–Kier alpha value is -1.59. The minimum Gasteiger partial charge on any atom is -0.477 e. The smallest absolute Gasteiger partial charge is 0.397 e. The predicted molar refractivity (Wildman–Crippen MR) is 108 cm³/mol. The number of aliphatic hydroxyl groups excluding tert-OH is 7. The fourth-order valence-electron chi connectivity index (χ4n) is 3.80. The monoisotopic (exact) mass is 551 g/mol. The molecule has 0 aromatic carbocycles. The van der Waals surface area contributed by atoms with Crippen molar-refractivity contribution in [1.29, 1.82) is 0 Å². The summed E-state index contributed by atoms with van der Waals surface area (Å²) in [6.45, 7) is -1.19. The number of carboxylic acid groups (broad SMARTS) is 1. The zero-order valence-electron chi connectivity index (χ0n) is 18.6. The summed E-state index contributed by atoms with van der Waals surface area (Å²) in [4.78, 5) is 23.7. The number of carbonyl (C=O) groups is 2. The van der Waals surface area contributed by atoms with Crippen LogP contribution < -0.4 is 5.32 Å². The lowest BCUT2D eigenvalue weighted by molar-refractivity contribution is -0.334. The maximum absolute atomic E-state index is 12.1. The standard InChI is InChI=1S/C17H29NO17S/c1-5(20)18-9-6(21)2-17(16(27)28,32-4-8-10(22)12(24)13(25)15(26)33-8)34-14(9)11(23)7(3-19)35-36(29,30)31/h6-15,19,21-26H,2-4H2,1H3,(H,18,20)(H,27,28)(H,29,30,31)/t6-,7+,8+,9+,10+,11+,12-,13+,14+,15+,17+/m0/s1. The highest BCUT2D eigenvalue weighted by Crippen LogP contribution is 2.35. The lowest BCUT2D eigenvalue weighted by atomic mass is 9.88. The van der Waals surface area contributed by atoms with Gasteiger partial charge in [0.15, 0.2) is 6.29 Å². The number of rotatable bonds is 10. The number of hydrogen-bond acceptors (Lipinski definition) is 15. The summed E-state index contributed by atoms with van der Waals surface area (Å²) in [6, 6.07) is -1.61. The van der Waals surface area contributed by atoms with Crippen LogP contribution in [-0.2, 0) is 38.4 Å². The zero-order valence-corrected chi connectivity index (χ0v) is 19.4. The normalized spacial score (nSPS) is 39.2. The summed E-state index contributed by atoms with van der Waals surface area (Å²) in [5, 5.41) is 81.6. The molecule has 2 heterocycles. The number of carboxylic acids is 1. The number of ether oxygens (including phenoxy) is 3. The van der Waals surface area contributed by atoms with Crippen molar-refractivity contribution < 1.29 is 81.8 Å². The van der Waals surface area contributed by atoms with Crippen LogP contribution in [0.3, 0.4) is 0 Å². The first kappa shape index (κ1) is 30.6. The second-order valence-corrected chi connectivity index (χ2v) is 9.27. The van der Waals surface area contributed by atoms with Gasteiger partial charge in [0, 0.05) is 13.3 Å². The van der Waals surface area contributed by atoms with E-state index >= 15 is 0 Å². The number of carbonyl (C=O) groups excluding carboxylic acids is 1. The third kappa shape index (κ3) is 7.04. The lowest BCUT2D eigenvalue weighted by Gasteiger charge is -2.47. The first-order valence-electron chi connectivity index (χ1n) is 10.4. The summed E-state index contributed by atoms with van der Waals surface area (Å²) in [6.07, 6.45) is -18.6. The summed E-state index contributed by atoms with van der Waals surface area (Å²) in [7, 11) is -5.25. The van der Waals surface area contributed by atoms with Crippen molar-refractivity contribution >= 4 is 22.3 Å². The van der Waals surface area contributed by atoms with Crippen molar-refractivity contribution in [2.75, 3.05) is 13.2 Å². The van der Waals surface area contributed by atoms with Crippen molar-refractivity contribution in [3.8, 4) is 0 Å². The van der Waals surface area contributed by atoms with Crippen LogP contribution in [-0.4, -0.2) is 146 Å². The van der Waals surface area contributed by atoms with E-state index in [4.69, 9.17) is 18.8 Å². The second-order valence-electron chi connectivity index (χ2n) is 8.22. The first-order valence-corrected chi connectivity index (χ1v) is 11.7. The number of hydrogen-bond donors (Lipinski definition) is 10. The molecule has 2 fully saturated rings. The number of aliphatic hydroxyl groups is 7. The Bertz CT molecular complexity index is 886. The number of aliphatic carboxylic acids is 1. The molecule has 0 radical (unpaired) electrons. The molecular weight excluding hydrogens is 522 g/mol. The van der Waals surface area contributed by atoms with E-state index in [2.05, 4.69) is 9.50 Å². The Morgan fingerprint density at radius 1 is 1.14 bits per heavy atom. The maximum atomic E-state index is 12.1. The average molecular weight is 551 g/mol. The fourth-order valence-corrected chi connectivity index (χ4v) is 4.29. The van der Waals surface area contributed by atoms with E-state index in [1.165, 1.54) is 0 Å². The van der Waals surface area contributed by atoms with Crippen LogP contribution in [0.25, 0.3) is 0 Å². The third-order valence-corrected chi connectivity index (χ3v) is 6.07. The molecule has 0 spiro atoms. The highest BCUT2D eigenvalue weighted by Gasteiger charge is 2.57. The van der Waals surface area contributed by atoms with Gasteiger partial charge in [0.05, 0.1) is 25.4 Å². The third-order valence-electron chi connectivity index (χ3n) is 5.58. The molecule has 0 aromatic heterocycles. The molecule has 18 nitrogen and oxygen atoms in total. The van der Waals surface area contributed by atoms with Gasteiger partial charge in [-0.05, 0) is 0 Å². The van der Waals surface area contributed by atoms with Crippen molar-refractivity contribution in [2.24, 2.45) is 0 Å². The van der Waals surface area contributed by atoms with Gasteiger partial charge in [-0.2, -0.15) is 8.42 Å². The van der Waals surface area contributed by atoms with E-state index in [0.717, 1.165) is 6.92 Å². The van der Waals surface area contributed by atoms with Crippen molar-refractivity contribution in [3.63, 3.8) is 0 Å². The topological polar surface area (TPSA) is 299 Å². The van der Waals surface area contributed by atoms with Gasteiger partial charge < -0.3 is 60.4 Å². The van der Waals surface area contributed by atoms with E-state index < -0.39 is 109 Å². The van der Waals surface area contributed by atoms with Gasteiger partial charge in [-0.3, -0.25) is 9.35 Å². The highest BCUT2D eigenvalue weighted by atomic mass is 32.3. The molecular formula is C17H29NO17S. The molecule has 0 bridgehead atoms. The van der Waals surface area contributed by atoms with Crippen LogP contribution >= 0.6 is 0 Å².